The van der Waals surface area contributed by atoms with E-state index in [2.05, 4.69) is 16.8 Å². The van der Waals surface area contributed by atoms with Gasteiger partial charge in [-0.2, -0.15) is 0 Å². The largest absolute Gasteiger partial charge is 0.439 e. The molecule has 2 aromatic rings. The van der Waals surface area contributed by atoms with E-state index in [0.29, 0.717) is 24.0 Å². The molecule has 2 atom stereocenters. The van der Waals surface area contributed by atoms with Crippen LogP contribution in [0.2, 0.25) is 0 Å². The molecule has 0 aliphatic carbocycles. The number of anilines is 1. The quantitative estimate of drug-likeness (QED) is 0.821. The summed E-state index contributed by atoms with van der Waals surface area (Å²) in [6.45, 7) is 3.99. The third-order valence-corrected chi connectivity index (χ3v) is 3.98. The molecule has 3 rings (SSSR count). The molecule has 5 nitrogen and oxygen atoms in total. The molecule has 5 heteroatoms. The SMILES string of the molecule is CC1CCN(Cc2nc3ccc(N)cc3o2)C1CO. The van der Waals surface area contributed by atoms with Gasteiger partial charge in [0.1, 0.15) is 5.52 Å². The van der Waals surface area contributed by atoms with E-state index >= 15 is 0 Å². The van der Waals surface area contributed by atoms with Crippen molar-refractivity contribution in [3.63, 3.8) is 0 Å². The number of hydrogen-bond acceptors (Lipinski definition) is 5. The number of fused-ring (bicyclic) bond motifs is 1. The maximum atomic E-state index is 9.45. The minimum absolute atomic E-state index is 0.189. The molecule has 0 amide bonds. The normalized spacial score (nSPS) is 24.3. The summed E-state index contributed by atoms with van der Waals surface area (Å²) in [4.78, 5) is 6.70. The highest BCUT2D eigenvalue weighted by atomic mass is 16.3. The maximum Gasteiger partial charge on any atom is 0.209 e. The first-order valence-electron chi connectivity index (χ1n) is 6.67. The van der Waals surface area contributed by atoms with Crippen LogP contribution in [-0.2, 0) is 6.54 Å². The average molecular weight is 261 g/mol. The number of benzene rings is 1. The van der Waals surface area contributed by atoms with Crippen molar-refractivity contribution in [2.45, 2.75) is 25.9 Å². The second kappa shape index (κ2) is 4.83. The van der Waals surface area contributed by atoms with Gasteiger partial charge in [0.2, 0.25) is 5.89 Å². The first-order valence-corrected chi connectivity index (χ1v) is 6.67. The molecule has 102 valence electrons. The van der Waals surface area contributed by atoms with E-state index in [0.717, 1.165) is 24.1 Å². The highest BCUT2D eigenvalue weighted by Crippen LogP contribution is 2.26. The van der Waals surface area contributed by atoms with E-state index in [1.54, 1.807) is 6.07 Å². The number of aromatic nitrogens is 1. The number of aliphatic hydroxyl groups is 1. The average Bonchev–Trinajstić information content (AvgIpc) is 2.92. The standard InChI is InChI=1S/C14H19N3O2/c1-9-4-5-17(12(9)8-18)7-14-16-11-3-2-10(15)6-13(11)19-14/h2-3,6,9,12,18H,4-5,7-8,15H2,1H3. The summed E-state index contributed by atoms with van der Waals surface area (Å²) >= 11 is 0. The zero-order valence-corrected chi connectivity index (χ0v) is 11.0. The van der Waals surface area contributed by atoms with Crippen LogP contribution in [0.15, 0.2) is 22.6 Å². The molecule has 0 saturated carbocycles. The van der Waals surface area contributed by atoms with Gasteiger partial charge >= 0.3 is 0 Å². The van der Waals surface area contributed by atoms with Gasteiger partial charge < -0.3 is 15.3 Å². The van der Waals surface area contributed by atoms with E-state index in [4.69, 9.17) is 10.2 Å². The summed E-state index contributed by atoms with van der Waals surface area (Å²) in [5.41, 5.74) is 7.96. The lowest BCUT2D eigenvalue weighted by atomic mass is 10.0. The fraction of sp³-hybridized carbons (Fsp3) is 0.500. The second-order valence-electron chi connectivity index (χ2n) is 5.32. The molecule has 1 saturated heterocycles. The van der Waals surface area contributed by atoms with Gasteiger partial charge in [-0.25, -0.2) is 4.98 Å². The monoisotopic (exact) mass is 261 g/mol. The summed E-state index contributed by atoms with van der Waals surface area (Å²) in [5.74, 6) is 1.21. The highest BCUT2D eigenvalue weighted by Gasteiger charge is 2.31. The molecule has 1 aromatic carbocycles. The summed E-state index contributed by atoms with van der Waals surface area (Å²) < 4.78 is 5.72. The predicted octanol–water partition coefficient (Wildman–Crippen LogP) is 1.61. The van der Waals surface area contributed by atoms with Gasteiger partial charge in [0.15, 0.2) is 5.58 Å². The van der Waals surface area contributed by atoms with Gasteiger partial charge in [-0.15, -0.1) is 0 Å². The van der Waals surface area contributed by atoms with Crippen LogP contribution in [0.3, 0.4) is 0 Å². The van der Waals surface area contributed by atoms with Crippen molar-refractivity contribution < 1.29 is 9.52 Å². The van der Waals surface area contributed by atoms with Gasteiger partial charge in [-0.1, -0.05) is 6.92 Å². The molecule has 0 spiro atoms. The molecule has 1 aromatic heterocycles. The molecule has 3 N–H and O–H groups in total. The first kappa shape index (κ1) is 12.4. The zero-order valence-electron chi connectivity index (χ0n) is 11.0. The Labute approximate surface area is 112 Å². The fourth-order valence-corrected chi connectivity index (χ4v) is 2.81. The minimum Gasteiger partial charge on any atom is -0.439 e. The maximum absolute atomic E-state index is 9.45. The van der Waals surface area contributed by atoms with E-state index in [9.17, 15) is 5.11 Å². The Morgan fingerprint density at radius 3 is 3.16 bits per heavy atom. The molecule has 1 fully saturated rings. The van der Waals surface area contributed by atoms with Crippen molar-refractivity contribution >= 4 is 16.8 Å². The van der Waals surface area contributed by atoms with Crippen molar-refractivity contribution in [1.82, 2.24) is 9.88 Å². The van der Waals surface area contributed by atoms with Crippen molar-refractivity contribution in [2.75, 3.05) is 18.9 Å². The van der Waals surface area contributed by atoms with Gasteiger partial charge in [0, 0.05) is 17.8 Å². The van der Waals surface area contributed by atoms with E-state index in [1.165, 1.54) is 0 Å². The van der Waals surface area contributed by atoms with Crippen LogP contribution in [0.4, 0.5) is 5.69 Å². The number of hydrogen-bond donors (Lipinski definition) is 2. The van der Waals surface area contributed by atoms with E-state index < -0.39 is 0 Å². The summed E-state index contributed by atoms with van der Waals surface area (Å²) in [6, 6.07) is 5.69. The van der Waals surface area contributed by atoms with Crippen molar-refractivity contribution in [3.05, 3.63) is 24.1 Å². The number of aliphatic hydroxyl groups excluding tert-OH is 1. The van der Waals surface area contributed by atoms with Crippen LogP contribution in [0.1, 0.15) is 19.2 Å². The predicted molar refractivity (Wildman–Crippen MR) is 73.5 cm³/mol. The van der Waals surface area contributed by atoms with Gasteiger partial charge in [0.05, 0.1) is 13.2 Å². The first-order chi connectivity index (χ1) is 9.17. The Balaban J connectivity index is 1.81. The zero-order chi connectivity index (χ0) is 13.4. The van der Waals surface area contributed by atoms with Gasteiger partial charge in [-0.05, 0) is 31.0 Å². The molecule has 2 heterocycles. The lowest BCUT2D eigenvalue weighted by Crippen LogP contribution is -2.34. The van der Waals surface area contributed by atoms with Crippen LogP contribution >= 0.6 is 0 Å². The molecule has 0 radical (unpaired) electrons. The Morgan fingerprint density at radius 1 is 1.53 bits per heavy atom. The lowest BCUT2D eigenvalue weighted by molar-refractivity contribution is 0.127. The number of oxazole rings is 1. The summed E-state index contributed by atoms with van der Waals surface area (Å²) in [7, 11) is 0. The van der Waals surface area contributed by atoms with Crippen LogP contribution < -0.4 is 5.73 Å². The molecule has 1 aliphatic rings. The van der Waals surface area contributed by atoms with E-state index in [-0.39, 0.29) is 12.6 Å². The fourth-order valence-electron chi connectivity index (χ4n) is 2.81. The van der Waals surface area contributed by atoms with Crippen molar-refractivity contribution in [3.8, 4) is 0 Å². The molecular formula is C14H19N3O2. The number of rotatable bonds is 3. The third-order valence-electron chi connectivity index (χ3n) is 3.98. The molecule has 19 heavy (non-hydrogen) atoms. The van der Waals surface area contributed by atoms with Crippen LogP contribution in [-0.4, -0.2) is 34.2 Å². The third kappa shape index (κ3) is 2.31. The molecule has 1 aliphatic heterocycles. The van der Waals surface area contributed by atoms with Crippen LogP contribution in [0.5, 0.6) is 0 Å². The summed E-state index contributed by atoms with van der Waals surface area (Å²) in [6.07, 6.45) is 1.11. The Kier molecular flexibility index (Phi) is 3.16. The Hall–Kier alpha value is -1.59. The van der Waals surface area contributed by atoms with Crippen molar-refractivity contribution in [1.29, 1.82) is 0 Å². The van der Waals surface area contributed by atoms with Crippen LogP contribution in [0, 0.1) is 5.92 Å². The van der Waals surface area contributed by atoms with Gasteiger partial charge in [-0.3, -0.25) is 4.90 Å². The molecule has 0 bridgehead atoms. The number of nitrogens with zero attached hydrogens (tertiary/aromatic N) is 2. The smallest absolute Gasteiger partial charge is 0.209 e. The summed E-state index contributed by atoms with van der Waals surface area (Å²) in [5, 5.41) is 9.45. The molecular weight excluding hydrogens is 242 g/mol. The van der Waals surface area contributed by atoms with Crippen molar-refractivity contribution in [2.24, 2.45) is 5.92 Å². The number of likely N-dealkylation sites (tertiary alicyclic amines) is 1. The number of nitrogen functional groups attached to an aromatic ring is 1. The second-order valence-corrected chi connectivity index (χ2v) is 5.32. The number of nitrogens with two attached hydrogens (primary N) is 1. The Bertz CT molecular complexity index is 581. The Morgan fingerprint density at radius 2 is 2.37 bits per heavy atom. The highest BCUT2D eigenvalue weighted by molar-refractivity contribution is 5.76. The molecule has 2 unspecified atom stereocenters. The van der Waals surface area contributed by atoms with Crippen LogP contribution in [0.25, 0.3) is 11.1 Å². The topological polar surface area (TPSA) is 75.5 Å². The van der Waals surface area contributed by atoms with Gasteiger partial charge in [0.25, 0.3) is 0 Å². The van der Waals surface area contributed by atoms with E-state index in [1.807, 2.05) is 12.1 Å². The minimum atomic E-state index is 0.189. The lowest BCUT2D eigenvalue weighted by Gasteiger charge is -2.23.